The third-order valence-corrected chi connectivity index (χ3v) is 8.07. The smallest absolute Gasteiger partial charge is 0.316 e. The molecule has 0 spiro atoms. The first-order valence-electron chi connectivity index (χ1n) is 15.8. The largest absolute Gasteiger partial charge is 0.493 e. The first kappa shape index (κ1) is 36.8. The molecule has 0 radical (unpaired) electrons. The van der Waals surface area contributed by atoms with Crippen molar-refractivity contribution in [2.45, 2.75) is 120 Å². The molecule has 0 atom stereocenters. The molecule has 2 aromatic carbocycles. The molecular weight excluding hydrogens is 552 g/mol. The van der Waals surface area contributed by atoms with E-state index >= 15 is 0 Å². The van der Waals surface area contributed by atoms with Crippen molar-refractivity contribution in [1.82, 2.24) is 0 Å². The van der Waals surface area contributed by atoms with Gasteiger partial charge in [0.05, 0.1) is 17.4 Å². The Hall–Kier alpha value is -3.41. The Balaban J connectivity index is 2.75. The molecule has 0 aliphatic carbocycles. The molecule has 0 aromatic heterocycles. The zero-order chi connectivity index (χ0) is 33.7. The number of hydrogen-bond acceptors (Lipinski definition) is 6. The van der Waals surface area contributed by atoms with Crippen molar-refractivity contribution >= 4 is 23.8 Å². The molecule has 242 valence electrons. The molecule has 2 rings (SSSR count). The molecule has 0 aliphatic rings. The third-order valence-electron chi connectivity index (χ3n) is 8.07. The number of ketones is 1. The molecule has 2 aromatic rings. The molecule has 0 amide bonds. The molecule has 0 saturated carbocycles. The van der Waals surface area contributed by atoms with Gasteiger partial charge >= 0.3 is 11.9 Å². The van der Waals surface area contributed by atoms with Gasteiger partial charge in [-0.1, -0.05) is 48.5 Å². The van der Waals surface area contributed by atoms with Crippen LogP contribution in [0.15, 0.2) is 36.4 Å². The van der Waals surface area contributed by atoms with Gasteiger partial charge in [0.15, 0.2) is 5.78 Å². The molecule has 0 aliphatic heterocycles. The average molecular weight is 607 g/mol. The first-order valence-corrected chi connectivity index (χ1v) is 15.8. The molecule has 6 nitrogen and oxygen atoms in total. The van der Waals surface area contributed by atoms with Crippen molar-refractivity contribution in [2.24, 2.45) is 10.8 Å². The van der Waals surface area contributed by atoms with Crippen molar-refractivity contribution in [2.75, 3.05) is 6.61 Å². The van der Waals surface area contributed by atoms with Crippen LogP contribution in [0, 0.1) is 10.8 Å². The normalized spacial score (nSPS) is 12.8. The summed E-state index contributed by atoms with van der Waals surface area (Å²) in [6.07, 6.45) is 5.71. The Bertz CT molecular complexity index is 1360. The highest BCUT2D eigenvalue weighted by atomic mass is 16.5. The Labute approximate surface area is 265 Å². The van der Waals surface area contributed by atoms with Crippen molar-refractivity contribution < 1.29 is 28.6 Å². The van der Waals surface area contributed by atoms with Crippen LogP contribution in [-0.4, -0.2) is 24.3 Å². The molecule has 0 N–H and O–H groups in total. The lowest BCUT2D eigenvalue weighted by atomic mass is 9.74. The van der Waals surface area contributed by atoms with Gasteiger partial charge in [0, 0.05) is 22.3 Å². The van der Waals surface area contributed by atoms with E-state index in [4.69, 9.17) is 14.2 Å². The van der Waals surface area contributed by atoms with Crippen LogP contribution in [0.3, 0.4) is 0 Å². The second-order valence-corrected chi connectivity index (χ2v) is 14.9. The van der Waals surface area contributed by atoms with Gasteiger partial charge in [-0.05, 0) is 114 Å². The molecule has 0 saturated heterocycles. The van der Waals surface area contributed by atoms with E-state index in [1.807, 2.05) is 33.8 Å². The summed E-state index contributed by atoms with van der Waals surface area (Å²) < 4.78 is 18.2. The monoisotopic (exact) mass is 606 g/mol. The fourth-order valence-corrected chi connectivity index (χ4v) is 4.20. The second-order valence-electron chi connectivity index (χ2n) is 14.9. The highest BCUT2D eigenvalue weighted by Crippen LogP contribution is 2.49. The number of benzene rings is 2. The lowest BCUT2D eigenvalue weighted by Gasteiger charge is -2.35. The predicted octanol–water partition coefficient (Wildman–Crippen LogP) is 9.65. The van der Waals surface area contributed by atoms with Crippen LogP contribution in [0.25, 0.3) is 6.08 Å². The number of rotatable bonds is 12. The lowest BCUT2D eigenvalue weighted by Crippen LogP contribution is -2.30. The van der Waals surface area contributed by atoms with Crippen LogP contribution in [0.4, 0.5) is 0 Å². The predicted molar refractivity (Wildman–Crippen MR) is 179 cm³/mol. The molecule has 0 heterocycles. The number of allylic oxidation sites excluding steroid dienone is 1. The number of esters is 2. The fourth-order valence-electron chi connectivity index (χ4n) is 4.20. The van der Waals surface area contributed by atoms with Crippen LogP contribution >= 0.6 is 0 Å². The third kappa shape index (κ3) is 9.06. The van der Waals surface area contributed by atoms with Crippen LogP contribution in [-0.2, 0) is 20.4 Å². The van der Waals surface area contributed by atoms with Gasteiger partial charge in [-0.15, -0.1) is 0 Å². The van der Waals surface area contributed by atoms with Gasteiger partial charge < -0.3 is 14.2 Å². The Kier molecular flexibility index (Phi) is 11.8. The summed E-state index contributed by atoms with van der Waals surface area (Å²) in [7, 11) is 0. The Morgan fingerprint density at radius 2 is 1.23 bits per heavy atom. The van der Waals surface area contributed by atoms with E-state index < -0.39 is 16.2 Å². The van der Waals surface area contributed by atoms with E-state index in [0.717, 1.165) is 36.0 Å². The lowest BCUT2D eigenvalue weighted by molar-refractivity contribution is -0.143. The zero-order valence-electron chi connectivity index (χ0n) is 29.3. The second kappa shape index (κ2) is 14.1. The van der Waals surface area contributed by atoms with Gasteiger partial charge in [0.1, 0.15) is 17.2 Å². The summed E-state index contributed by atoms with van der Waals surface area (Å²) in [6, 6.07) is 8.57. The van der Waals surface area contributed by atoms with Gasteiger partial charge in [-0.25, -0.2) is 0 Å². The van der Waals surface area contributed by atoms with E-state index in [-0.39, 0.29) is 23.1 Å². The van der Waals surface area contributed by atoms with Crippen LogP contribution in [0.1, 0.15) is 136 Å². The number of hydrogen-bond donors (Lipinski definition) is 0. The van der Waals surface area contributed by atoms with Crippen LogP contribution in [0.2, 0.25) is 0 Å². The maximum absolute atomic E-state index is 13.3. The molecular formula is C38H54O6. The molecule has 0 bridgehead atoms. The van der Waals surface area contributed by atoms with E-state index in [1.54, 1.807) is 51.1 Å². The van der Waals surface area contributed by atoms with Crippen molar-refractivity contribution in [1.29, 1.82) is 0 Å². The van der Waals surface area contributed by atoms with Gasteiger partial charge in [-0.3, -0.25) is 14.4 Å². The Morgan fingerprint density at radius 1 is 0.705 bits per heavy atom. The SMILES string of the molecule is CCCOc1c(/C=C/C(=O)c2ccc(OC(=O)C(C)(C)C)cc2)cc(C(C)(C)CC)c(OC(=O)C(C)(C)C)c1C(C)(C)CC. The summed E-state index contributed by atoms with van der Waals surface area (Å²) in [5.41, 5.74) is 0.893. The number of carbonyl (C=O) groups is 3. The van der Waals surface area contributed by atoms with Crippen molar-refractivity contribution in [3.05, 3.63) is 58.7 Å². The standard InChI is InChI=1S/C38H54O6/c1-14-23-42-31-26(19-22-29(39)25-17-20-27(21-18-25)43-33(40)35(4,5)6)24-28(37(10,11)15-2)32(30(31)38(12,13)16-3)44-34(41)36(7,8)9/h17-22,24H,14-16,23H2,1-13H3/b22-19+. The maximum atomic E-state index is 13.3. The number of carbonyl (C=O) groups excluding carboxylic acids is 3. The highest BCUT2D eigenvalue weighted by molar-refractivity contribution is 6.07. The molecule has 6 heteroatoms. The quantitative estimate of drug-likeness (QED) is 0.104. The minimum atomic E-state index is -0.697. The molecule has 44 heavy (non-hydrogen) atoms. The average Bonchev–Trinajstić information content (AvgIpc) is 2.94. The van der Waals surface area contributed by atoms with E-state index in [0.29, 0.717) is 29.4 Å². The first-order chi connectivity index (χ1) is 20.2. The summed E-state index contributed by atoms with van der Waals surface area (Å²) in [5, 5.41) is 0. The van der Waals surface area contributed by atoms with Gasteiger partial charge in [0.25, 0.3) is 0 Å². The minimum absolute atomic E-state index is 0.198. The zero-order valence-corrected chi connectivity index (χ0v) is 29.3. The highest BCUT2D eigenvalue weighted by Gasteiger charge is 2.37. The number of ether oxygens (including phenoxy) is 3. The molecule has 0 unspecified atom stereocenters. The van der Waals surface area contributed by atoms with Crippen molar-refractivity contribution in [3.63, 3.8) is 0 Å². The summed E-state index contributed by atoms with van der Waals surface area (Å²) in [4.78, 5) is 38.9. The molecule has 0 fully saturated rings. The maximum Gasteiger partial charge on any atom is 0.316 e. The Morgan fingerprint density at radius 3 is 1.70 bits per heavy atom. The van der Waals surface area contributed by atoms with Crippen LogP contribution in [0.5, 0.6) is 17.2 Å². The topological polar surface area (TPSA) is 78.9 Å². The van der Waals surface area contributed by atoms with Crippen molar-refractivity contribution in [3.8, 4) is 17.2 Å². The minimum Gasteiger partial charge on any atom is -0.493 e. The van der Waals surface area contributed by atoms with E-state index in [1.165, 1.54) is 6.08 Å². The fraction of sp³-hybridized carbons (Fsp3) is 0.553. The summed E-state index contributed by atoms with van der Waals surface area (Å²) >= 11 is 0. The van der Waals surface area contributed by atoms with E-state index in [2.05, 4.69) is 41.5 Å². The van der Waals surface area contributed by atoms with Crippen LogP contribution < -0.4 is 14.2 Å². The van der Waals surface area contributed by atoms with E-state index in [9.17, 15) is 14.4 Å². The summed E-state index contributed by atoms with van der Waals surface area (Å²) in [6.45, 7) is 26.2. The van der Waals surface area contributed by atoms with Gasteiger partial charge in [-0.2, -0.15) is 0 Å². The summed E-state index contributed by atoms with van der Waals surface area (Å²) in [5.74, 6) is 0.716. The van der Waals surface area contributed by atoms with Gasteiger partial charge in [0.2, 0.25) is 0 Å².